The number of carboxylic acid groups (broad SMARTS) is 1. The Labute approximate surface area is 113 Å². The zero-order chi connectivity index (χ0) is 14.9. The molecular formula is C13H13F2NO4. The molecule has 0 heterocycles. The van der Waals surface area contributed by atoms with Crippen molar-refractivity contribution < 1.29 is 28.6 Å². The first kappa shape index (κ1) is 14.4. The maximum absolute atomic E-state index is 13.2. The Morgan fingerprint density at radius 3 is 2.15 bits per heavy atom. The fourth-order valence-corrected chi connectivity index (χ4v) is 2.15. The van der Waals surface area contributed by atoms with E-state index in [-0.39, 0.29) is 6.61 Å². The number of aliphatic hydroxyl groups is 1. The van der Waals surface area contributed by atoms with Crippen molar-refractivity contribution in [3.63, 3.8) is 0 Å². The molecule has 0 aliphatic heterocycles. The van der Waals surface area contributed by atoms with Gasteiger partial charge in [0.1, 0.15) is 0 Å². The fraction of sp³-hybridized carbons (Fsp3) is 0.385. The summed E-state index contributed by atoms with van der Waals surface area (Å²) in [6, 6.07) is 1.02. The SMILES string of the molecule is O=C(O)c1cc(F)c(F)cc1C(=O)NC1(CO)CCC1. The summed E-state index contributed by atoms with van der Waals surface area (Å²) in [5, 5.41) is 20.7. The molecule has 3 N–H and O–H groups in total. The lowest BCUT2D eigenvalue weighted by atomic mass is 9.77. The number of carboxylic acids is 1. The summed E-state index contributed by atoms with van der Waals surface area (Å²) < 4.78 is 26.3. The maximum atomic E-state index is 13.2. The second-order valence-electron chi connectivity index (χ2n) is 4.86. The van der Waals surface area contributed by atoms with E-state index in [0.717, 1.165) is 6.42 Å². The number of aliphatic hydroxyl groups excluding tert-OH is 1. The van der Waals surface area contributed by atoms with E-state index in [1.54, 1.807) is 0 Å². The molecule has 7 heteroatoms. The van der Waals surface area contributed by atoms with Gasteiger partial charge in [-0.15, -0.1) is 0 Å². The molecule has 1 aromatic rings. The second-order valence-corrected chi connectivity index (χ2v) is 4.86. The lowest BCUT2D eigenvalue weighted by Crippen LogP contribution is -2.56. The number of aromatic carboxylic acids is 1. The molecular weight excluding hydrogens is 272 g/mol. The van der Waals surface area contributed by atoms with Crippen LogP contribution >= 0.6 is 0 Å². The summed E-state index contributed by atoms with van der Waals surface area (Å²) in [7, 11) is 0. The van der Waals surface area contributed by atoms with Crippen LogP contribution in [0.1, 0.15) is 40.0 Å². The minimum Gasteiger partial charge on any atom is -0.478 e. The Morgan fingerprint density at radius 2 is 1.75 bits per heavy atom. The Bertz CT molecular complexity index is 564. The normalized spacial score (nSPS) is 16.4. The Hall–Kier alpha value is -2.02. The van der Waals surface area contributed by atoms with Crippen LogP contribution in [0.5, 0.6) is 0 Å². The number of amides is 1. The molecule has 5 nitrogen and oxygen atoms in total. The van der Waals surface area contributed by atoms with Gasteiger partial charge in [0.2, 0.25) is 0 Å². The monoisotopic (exact) mass is 285 g/mol. The molecule has 1 saturated carbocycles. The van der Waals surface area contributed by atoms with Gasteiger partial charge < -0.3 is 15.5 Å². The molecule has 0 bridgehead atoms. The summed E-state index contributed by atoms with van der Waals surface area (Å²) in [6.45, 7) is -0.287. The van der Waals surface area contributed by atoms with Gasteiger partial charge in [-0.25, -0.2) is 13.6 Å². The fourth-order valence-electron chi connectivity index (χ4n) is 2.15. The van der Waals surface area contributed by atoms with Crippen molar-refractivity contribution in [2.45, 2.75) is 24.8 Å². The van der Waals surface area contributed by atoms with Gasteiger partial charge in [0, 0.05) is 0 Å². The van der Waals surface area contributed by atoms with Gasteiger partial charge in [-0.1, -0.05) is 0 Å². The minimum absolute atomic E-state index is 0.287. The van der Waals surface area contributed by atoms with E-state index in [4.69, 9.17) is 5.11 Å². The van der Waals surface area contributed by atoms with Crippen molar-refractivity contribution in [2.24, 2.45) is 0 Å². The van der Waals surface area contributed by atoms with Crippen molar-refractivity contribution in [1.82, 2.24) is 5.32 Å². The number of nitrogens with one attached hydrogen (secondary N) is 1. The third-order valence-corrected chi connectivity index (χ3v) is 3.53. The molecule has 2 rings (SSSR count). The lowest BCUT2D eigenvalue weighted by molar-refractivity contribution is 0.0624. The highest BCUT2D eigenvalue weighted by atomic mass is 19.2. The zero-order valence-electron chi connectivity index (χ0n) is 10.4. The van der Waals surface area contributed by atoms with Crippen molar-refractivity contribution >= 4 is 11.9 Å². The highest BCUT2D eigenvalue weighted by Crippen LogP contribution is 2.31. The number of carbonyl (C=O) groups is 2. The average molecular weight is 285 g/mol. The first-order valence-corrected chi connectivity index (χ1v) is 6.04. The highest BCUT2D eigenvalue weighted by molar-refractivity contribution is 6.05. The van der Waals surface area contributed by atoms with Gasteiger partial charge in [-0.3, -0.25) is 4.79 Å². The first-order chi connectivity index (χ1) is 9.38. The third kappa shape index (κ3) is 2.49. The van der Waals surface area contributed by atoms with Crippen LogP contribution in [0.4, 0.5) is 8.78 Å². The Balaban J connectivity index is 2.33. The number of hydrogen-bond donors (Lipinski definition) is 3. The zero-order valence-corrected chi connectivity index (χ0v) is 10.4. The van der Waals surface area contributed by atoms with Crippen LogP contribution in [0.15, 0.2) is 12.1 Å². The molecule has 20 heavy (non-hydrogen) atoms. The van der Waals surface area contributed by atoms with Crippen molar-refractivity contribution in [2.75, 3.05) is 6.61 Å². The molecule has 0 saturated heterocycles. The second kappa shape index (κ2) is 5.16. The molecule has 0 unspecified atom stereocenters. The highest BCUT2D eigenvalue weighted by Gasteiger charge is 2.38. The first-order valence-electron chi connectivity index (χ1n) is 6.04. The van der Waals surface area contributed by atoms with Crippen LogP contribution in [-0.2, 0) is 0 Å². The van der Waals surface area contributed by atoms with Crippen LogP contribution < -0.4 is 5.32 Å². The van der Waals surface area contributed by atoms with Gasteiger partial charge in [-0.05, 0) is 31.4 Å². The largest absolute Gasteiger partial charge is 0.478 e. The van der Waals surface area contributed by atoms with E-state index in [0.29, 0.717) is 25.0 Å². The van der Waals surface area contributed by atoms with Crippen molar-refractivity contribution in [1.29, 1.82) is 0 Å². The van der Waals surface area contributed by atoms with Crippen molar-refractivity contribution in [3.05, 3.63) is 34.9 Å². The standard InChI is InChI=1S/C13H13F2NO4/c14-9-4-7(8(12(19)20)5-10(9)15)11(18)16-13(6-17)2-1-3-13/h4-5,17H,1-3,6H2,(H,16,18)(H,19,20). The smallest absolute Gasteiger partial charge is 0.336 e. The van der Waals surface area contributed by atoms with E-state index in [2.05, 4.69) is 5.32 Å². The molecule has 1 fully saturated rings. The molecule has 0 aromatic heterocycles. The summed E-state index contributed by atoms with van der Waals surface area (Å²) in [4.78, 5) is 23.0. The number of hydrogen-bond acceptors (Lipinski definition) is 3. The van der Waals surface area contributed by atoms with Gasteiger partial charge in [0.05, 0.1) is 23.3 Å². The minimum atomic E-state index is -1.53. The molecule has 1 aromatic carbocycles. The van der Waals surface area contributed by atoms with Gasteiger partial charge >= 0.3 is 5.97 Å². The predicted octanol–water partition coefficient (Wildman–Crippen LogP) is 1.31. The van der Waals surface area contributed by atoms with Crippen LogP contribution in [0, 0.1) is 11.6 Å². The average Bonchev–Trinajstić information content (AvgIpc) is 2.36. The number of rotatable bonds is 4. The summed E-state index contributed by atoms with van der Waals surface area (Å²) in [5.74, 6) is -5.00. The third-order valence-electron chi connectivity index (χ3n) is 3.53. The van der Waals surface area contributed by atoms with Gasteiger partial charge in [0.15, 0.2) is 11.6 Å². The van der Waals surface area contributed by atoms with E-state index in [1.807, 2.05) is 0 Å². The molecule has 0 atom stereocenters. The van der Waals surface area contributed by atoms with Crippen LogP contribution in [-0.4, -0.2) is 34.2 Å². The quantitative estimate of drug-likeness (QED) is 0.778. The predicted molar refractivity (Wildman–Crippen MR) is 64.5 cm³/mol. The molecule has 0 radical (unpaired) electrons. The van der Waals surface area contributed by atoms with Gasteiger partial charge in [-0.2, -0.15) is 0 Å². The van der Waals surface area contributed by atoms with E-state index in [1.165, 1.54) is 0 Å². The molecule has 0 spiro atoms. The topological polar surface area (TPSA) is 86.6 Å². The molecule has 108 valence electrons. The van der Waals surface area contributed by atoms with E-state index < -0.39 is 40.2 Å². The summed E-state index contributed by atoms with van der Waals surface area (Å²) in [5.41, 5.74) is -1.87. The molecule has 1 aliphatic rings. The molecule has 1 amide bonds. The van der Waals surface area contributed by atoms with Gasteiger partial charge in [0.25, 0.3) is 5.91 Å². The number of halogens is 2. The van der Waals surface area contributed by atoms with Crippen LogP contribution in [0.25, 0.3) is 0 Å². The van der Waals surface area contributed by atoms with Crippen LogP contribution in [0.3, 0.4) is 0 Å². The summed E-state index contributed by atoms with van der Waals surface area (Å²) in [6.07, 6.45) is 1.94. The number of benzene rings is 1. The summed E-state index contributed by atoms with van der Waals surface area (Å²) >= 11 is 0. The van der Waals surface area contributed by atoms with Crippen LogP contribution in [0.2, 0.25) is 0 Å². The maximum Gasteiger partial charge on any atom is 0.336 e. The molecule has 1 aliphatic carbocycles. The number of carbonyl (C=O) groups excluding carboxylic acids is 1. The van der Waals surface area contributed by atoms with E-state index >= 15 is 0 Å². The van der Waals surface area contributed by atoms with E-state index in [9.17, 15) is 23.5 Å². The van der Waals surface area contributed by atoms with Crippen molar-refractivity contribution in [3.8, 4) is 0 Å². The Morgan fingerprint density at radius 1 is 1.20 bits per heavy atom. The lowest BCUT2D eigenvalue weighted by Gasteiger charge is -2.41. The Kier molecular flexibility index (Phi) is 3.71.